The third-order valence-corrected chi connectivity index (χ3v) is 2.62. The van der Waals surface area contributed by atoms with Crippen molar-refractivity contribution in [3.63, 3.8) is 0 Å². The van der Waals surface area contributed by atoms with E-state index in [0.717, 1.165) is 10.9 Å². The highest BCUT2D eigenvalue weighted by molar-refractivity contribution is 5.89. The molecule has 0 bridgehead atoms. The summed E-state index contributed by atoms with van der Waals surface area (Å²) in [6, 6.07) is 3.59. The number of aliphatic hydroxyl groups is 1. The number of benzene rings is 1. The predicted molar refractivity (Wildman–Crippen MR) is 60.0 cm³/mol. The molecule has 0 saturated carbocycles. The maximum Gasteiger partial charge on any atom is 0.144 e. The molecule has 0 atom stereocenters. The zero-order valence-electron chi connectivity index (χ0n) is 9.53. The second kappa shape index (κ2) is 4.06. The monoisotopic (exact) mass is 222 g/mol. The lowest BCUT2D eigenvalue weighted by Gasteiger charge is -2.08. The highest BCUT2D eigenvalue weighted by Crippen LogP contribution is 2.37. The summed E-state index contributed by atoms with van der Waals surface area (Å²) in [5.74, 6) is 1.91. The minimum atomic E-state index is -0.125. The van der Waals surface area contributed by atoms with Crippen molar-refractivity contribution in [1.82, 2.24) is 0 Å². The number of hydrogen-bond donors (Lipinski definition) is 1. The lowest BCUT2D eigenvalue weighted by atomic mass is 10.1. The van der Waals surface area contributed by atoms with Crippen molar-refractivity contribution in [3.8, 4) is 11.5 Å². The van der Waals surface area contributed by atoms with Gasteiger partial charge in [0.2, 0.25) is 0 Å². The third-order valence-electron chi connectivity index (χ3n) is 2.62. The summed E-state index contributed by atoms with van der Waals surface area (Å²) < 4.78 is 16.0. The molecule has 0 amide bonds. The molecule has 16 heavy (non-hydrogen) atoms. The molecule has 1 N–H and O–H groups in total. The van der Waals surface area contributed by atoms with Crippen LogP contribution in [0.2, 0.25) is 0 Å². The molecule has 0 unspecified atom stereocenters. The standard InChI is InChI=1S/C12H14O4/c1-7-10(14-2)5-11(15-3)9-4-8(6-13)16-12(7)9/h4-5,13H,6H2,1-3H3. The molecule has 4 nitrogen and oxygen atoms in total. The molecule has 2 rings (SSSR count). The van der Waals surface area contributed by atoms with Crippen molar-refractivity contribution in [1.29, 1.82) is 0 Å². The van der Waals surface area contributed by atoms with Crippen LogP contribution < -0.4 is 9.47 Å². The molecule has 1 heterocycles. The molecule has 0 spiro atoms. The van der Waals surface area contributed by atoms with Crippen LogP contribution in [0.4, 0.5) is 0 Å². The Morgan fingerprint density at radius 3 is 2.44 bits per heavy atom. The van der Waals surface area contributed by atoms with Crippen LogP contribution in [0.1, 0.15) is 11.3 Å². The van der Waals surface area contributed by atoms with E-state index in [1.807, 2.05) is 13.0 Å². The van der Waals surface area contributed by atoms with Crippen molar-refractivity contribution >= 4 is 11.0 Å². The topological polar surface area (TPSA) is 51.8 Å². The van der Waals surface area contributed by atoms with Gasteiger partial charge in [-0.15, -0.1) is 0 Å². The lowest BCUT2D eigenvalue weighted by Crippen LogP contribution is -1.90. The van der Waals surface area contributed by atoms with Crippen LogP contribution >= 0.6 is 0 Å². The van der Waals surface area contributed by atoms with Crippen LogP contribution in [-0.4, -0.2) is 19.3 Å². The number of rotatable bonds is 3. The maximum absolute atomic E-state index is 9.05. The van der Waals surface area contributed by atoms with E-state index >= 15 is 0 Å². The zero-order valence-corrected chi connectivity index (χ0v) is 9.53. The second-order valence-corrected chi connectivity index (χ2v) is 3.52. The van der Waals surface area contributed by atoms with Gasteiger partial charge in [-0.2, -0.15) is 0 Å². The average molecular weight is 222 g/mol. The van der Waals surface area contributed by atoms with E-state index in [2.05, 4.69) is 0 Å². The number of methoxy groups -OCH3 is 2. The average Bonchev–Trinajstić information content (AvgIpc) is 2.74. The van der Waals surface area contributed by atoms with Crippen LogP contribution in [0.5, 0.6) is 11.5 Å². The van der Waals surface area contributed by atoms with E-state index in [4.69, 9.17) is 19.0 Å². The smallest absolute Gasteiger partial charge is 0.144 e. The van der Waals surface area contributed by atoms with Gasteiger partial charge in [0.25, 0.3) is 0 Å². The van der Waals surface area contributed by atoms with E-state index in [1.54, 1.807) is 20.3 Å². The molecule has 0 aliphatic heterocycles. The van der Waals surface area contributed by atoms with E-state index in [0.29, 0.717) is 22.8 Å². The molecule has 0 aliphatic carbocycles. The summed E-state index contributed by atoms with van der Waals surface area (Å²) in [6.45, 7) is 1.78. The Morgan fingerprint density at radius 2 is 1.88 bits per heavy atom. The van der Waals surface area contributed by atoms with Crippen molar-refractivity contribution in [2.45, 2.75) is 13.5 Å². The number of aliphatic hydroxyl groups excluding tert-OH is 1. The first-order valence-electron chi connectivity index (χ1n) is 4.96. The fraction of sp³-hybridized carbons (Fsp3) is 0.333. The van der Waals surface area contributed by atoms with E-state index in [9.17, 15) is 0 Å². The number of fused-ring (bicyclic) bond motifs is 1. The molecular weight excluding hydrogens is 208 g/mol. The van der Waals surface area contributed by atoms with Gasteiger partial charge >= 0.3 is 0 Å². The quantitative estimate of drug-likeness (QED) is 0.865. The number of furan rings is 1. The van der Waals surface area contributed by atoms with Gasteiger partial charge in [0, 0.05) is 11.6 Å². The molecule has 4 heteroatoms. The molecular formula is C12H14O4. The molecule has 0 saturated heterocycles. The Labute approximate surface area is 93.4 Å². The molecule has 86 valence electrons. The van der Waals surface area contributed by atoms with Crippen molar-refractivity contribution in [2.75, 3.05) is 14.2 Å². The number of aryl methyl sites for hydroxylation is 1. The van der Waals surface area contributed by atoms with Crippen LogP contribution in [0, 0.1) is 6.92 Å². The third kappa shape index (κ3) is 1.51. The predicted octanol–water partition coefficient (Wildman–Crippen LogP) is 2.25. The molecule has 0 aliphatic rings. The first kappa shape index (κ1) is 10.8. The Morgan fingerprint density at radius 1 is 1.19 bits per heavy atom. The van der Waals surface area contributed by atoms with Crippen molar-refractivity contribution in [3.05, 3.63) is 23.5 Å². The summed E-state index contributed by atoms with van der Waals surface area (Å²) in [7, 11) is 3.19. The normalized spacial score (nSPS) is 10.8. The van der Waals surface area contributed by atoms with Gasteiger partial charge in [0.05, 0.1) is 19.6 Å². The van der Waals surface area contributed by atoms with E-state index in [1.165, 1.54) is 0 Å². The summed E-state index contributed by atoms with van der Waals surface area (Å²) in [5, 5.41) is 9.91. The molecule has 1 aromatic carbocycles. The Balaban J connectivity index is 2.77. The SMILES string of the molecule is COc1cc(OC)c2cc(CO)oc2c1C. The van der Waals surface area contributed by atoms with Crippen molar-refractivity contribution in [2.24, 2.45) is 0 Å². The summed E-state index contributed by atoms with van der Waals surface area (Å²) in [5.41, 5.74) is 1.60. The molecule has 0 fully saturated rings. The van der Waals surface area contributed by atoms with Crippen molar-refractivity contribution < 1.29 is 19.0 Å². The zero-order chi connectivity index (χ0) is 11.7. The fourth-order valence-electron chi connectivity index (χ4n) is 1.78. The minimum absolute atomic E-state index is 0.125. The van der Waals surface area contributed by atoms with Crippen LogP contribution in [0.15, 0.2) is 16.5 Å². The number of ether oxygens (including phenoxy) is 2. The van der Waals surface area contributed by atoms with E-state index in [-0.39, 0.29) is 6.61 Å². The van der Waals surface area contributed by atoms with Crippen LogP contribution in [-0.2, 0) is 6.61 Å². The second-order valence-electron chi connectivity index (χ2n) is 3.52. The van der Waals surface area contributed by atoms with E-state index < -0.39 is 0 Å². The molecule has 0 radical (unpaired) electrons. The van der Waals surface area contributed by atoms with Gasteiger partial charge in [0.1, 0.15) is 29.4 Å². The van der Waals surface area contributed by atoms with Gasteiger partial charge in [-0.25, -0.2) is 0 Å². The Kier molecular flexibility index (Phi) is 2.75. The van der Waals surface area contributed by atoms with Gasteiger partial charge < -0.3 is 19.0 Å². The minimum Gasteiger partial charge on any atom is -0.496 e. The molecule has 1 aromatic heterocycles. The summed E-state index contributed by atoms with van der Waals surface area (Å²) in [6.07, 6.45) is 0. The number of hydrogen-bond acceptors (Lipinski definition) is 4. The highest BCUT2D eigenvalue weighted by atomic mass is 16.5. The molecule has 2 aromatic rings. The van der Waals surface area contributed by atoms with Gasteiger partial charge in [0.15, 0.2) is 0 Å². The Hall–Kier alpha value is -1.68. The lowest BCUT2D eigenvalue weighted by molar-refractivity contribution is 0.251. The summed E-state index contributed by atoms with van der Waals surface area (Å²) in [4.78, 5) is 0. The Bertz CT molecular complexity index is 513. The van der Waals surface area contributed by atoms with Gasteiger partial charge in [-0.05, 0) is 13.0 Å². The first-order chi connectivity index (χ1) is 7.71. The fourth-order valence-corrected chi connectivity index (χ4v) is 1.78. The van der Waals surface area contributed by atoms with Crippen LogP contribution in [0.25, 0.3) is 11.0 Å². The highest BCUT2D eigenvalue weighted by Gasteiger charge is 2.15. The largest absolute Gasteiger partial charge is 0.496 e. The summed E-state index contributed by atoms with van der Waals surface area (Å²) >= 11 is 0. The maximum atomic E-state index is 9.05. The van der Waals surface area contributed by atoms with Gasteiger partial charge in [-0.3, -0.25) is 0 Å². The van der Waals surface area contributed by atoms with Crippen LogP contribution in [0.3, 0.4) is 0 Å². The van der Waals surface area contributed by atoms with Gasteiger partial charge in [-0.1, -0.05) is 0 Å². The first-order valence-corrected chi connectivity index (χ1v) is 4.96.